The Labute approximate surface area is 154 Å². The molecule has 26 heavy (non-hydrogen) atoms. The van der Waals surface area contributed by atoms with Gasteiger partial charge in [-0.05, 0) is 45.4 Å². The number of aliphatic carboxylic acids is 1. The van der Waals surface area contributed by atoms with Crippen molar-refractivity contribution in [2.45, 2.75) is 51.5 Å². The summed E-state index contributed by atoms with van der Waals surface area (Å²) in [7, 11) is 1.54. The number of amides is 2. The zero-order chi connectivity index (χ0) is 19.2. The van der Waals surface area contributed by atoms with E-state index in [0.717, 1.165) is 0 Å². The van der Waals surface area contributed by atoms with E-state index >= 15 is 0 Å². The van der Waals surface area contributed by atoms with Crippen LogP contribution in [-0.2, 0) is 19.1 Å². The highest BCUT2D eigenvalue weighted by molar-refractivity contribution is 5.80. The lowest BCUT2D eigenvalue weighted by atomic mass is 9.80. The number of carbonyl (C=O) groups excluding carboxylic acids is 2. The van der Waals surface area contributed by atoms with E-state index in [1.807, 2.05) is 0 Å². The first-order chi connectivity index (χ1) is 12.4. The van der Waals surface area contributed by atoms with Crippen molar-refractivity contribution >= 4 is 18.0 Å². The number of piperidine rings is 1. The number of nitrogens with one attached hydrogen (secondary N) is 1. The van der Waals surface area contributed by atoms with Gasteiger partial charge in [-0.1, -0.05) is 0 Å². The lowest BCUT2D eigenvalue weighted by Gasteiger charge is -2.41. The van der Waals surface area contributed by atoms with Crippen LogP contribution in [0.2, 0.25) is 0 Å². The van der Waals surface area contributed by atoms with Gasteiger partial charge in [0.05, 0.1) is 19.1 Å². The highest BCUT2D eigenvalue weighted by atomic mass is 16.5. The SMILES string of the molecule is CCOC(=O)C1(COC)CCCN(C(=O)NC2CCC(C(=O)O)CC2)C1. The summed E-state index contributed by atoms with van der Waals surface area (Å²) in [5.74, 6) is -1.39. The zero-order valence-electron chi connectivity index (χ0n) is 15.7. The molecule has 2 N–H and O–H groups in total. The minimum Gasteiger partial charge on any atom is -0.481 e. The first-order valence-electron chi connectivity index (χ1n) is 9.36. The van der Waals surface area contributed by atoms with E-state index in [0.29, 0.717) is 51.7 Å². The molecule has 0 radical (unpaired) electrons. The lowest BCUT2D eigenvalue weighted by molar-refractivity contribution is -0.162. The van der Waals surface area contributed by atoms with Crippen molar-refractivity contribution in [3.63, 3.8) is 0 Å². The van der Waals surface area contributed by atoms with Crippen LogP contribution < -0.4 is 5.32 Å². The third-order valence-electron chi connectivity index (χ3n) is 5.40. The van der Waals surface area contributed by atoms with Gasteiger partial charge >= 0.3 is 18.0 Å². The van der Waals surface area contributed by atoms with Crippen LogP contribution in [0.25, 0.3) is 0 Å². The van der Waals surface area contributed by atoms with E-state index in [1.165, 1.54) is 0 Å². The Hall–Kier alpha value is -1.83. The van der Waals surface area contributed by atoms with Crippen LogP contribution in [0, 0.1) is 11.3 Å². The first kappa shape index (κ1) is 20.5. The normalized spacial score (nSPS) is 29.1. The van der Waals surface area contributed by atoms with Crippen LogP contribution in [0.5, 0.6) is 0 Å². The second kappa shape index (κ2) is 9.21. The van der Waals surface area contributed by atoms with Gasteiger partial charge in [-0.15, -0.1) is 0 Å². The van der Waals surface area contributed by atoms with Crippen molar-refractivity contribution in [2.24, 2.45) is 11.3 Å². The van der Waals surface area contributed by atoms with Gasteiger partial charge in [0.15, 0.2) is 0 Å². The average molecular weight is 370 g/mol. The molecule has 8 heteroatoms. The minimum atomic E-state index is -0.818. The molecular weight excluding hydrogens is 340 g/mol. The van der Waals surface area contributed by atoms with Crippen LogP contribution in [0.4, 0.5) is 4.79 Å². The molecule has 1 atom stereocenters. The molecule has 0 bridgehead atoms. The molecule has 2 amide bonds. The van der Waals surface area contributed by atoms with Crippen LogP contribution in [0.15, 0.2) is 0 Å². The maximum absolute atomic E-state index is 12.7. The fraction of sp³-hybridized carbons (Fsp3) is 0.833. The number of methoxy groups -OCH3 is 1. The van der Waals surface area contributed by atoms with Gasteiger partial charge in [0, 0.05) is 26.2 Å². The second-order valence-electron chi connectivity index (χ2n) is 7.30. The van der Waals surface area contributed by atoms with Crippen molar-refractivity contribution in [1.82, 2.24) is 10.2 Å². The molecule has 8 nitrogen and oxygen atoms in total. The highest BCUT2D eigenvalue weighted by Gasteiger charge is 2.45. The first-order valence-corrected chi connectivity index (χ1v) is 9.36. The van der Waals surface area contributed by atoms with Crippen LogP contribution >= 0.6 is 0 Å². The topological polar surface area (TPSA) is 105 Å². The predicted molar refractivity (Wildman–Crippen MR) is 93.7 cm³/mol. The highest BCUT2D eigenvalue weighted by Crippen LogP contribution is 2.32. The van der Waals surface area contributed by atoms with Crippen LogP contribution in [0.1, 0.15) is 45.4 Å². The molecule has 1 heterocycles. The molecule has 1 saturated carbocycles. The third-order valence-corrected chi connectivity index (χ3v) is 5.40. The molecule has 0 aromatic carbocycles. The Balaban J connectivity index is 1.94. The summed E-state index contributed by atoms with van der Waals surface area (Å²) in [6.45, 7) is 3.14. The van der Waals surface area contributed by atoms with E-state index in [9.17, 15) is 14.4 Å². The molecule has 2 aliphatic rings. The molecule has 1 aliphatic heterocycles. The quantitative estimate of drug-likeness (QED) is 0.689. The summed E-state index contributed by atoms with van der Waals surface area (Å²) >= 11 is 0. The molecule has 0 aromatic heterocycles. The lowest BCUT2D eigenvalue weighted by Crippen LogP contribution is -2.56. The number of nitrogens with zero attached hydrogens (tertiary/aromatic N) is 1. The number of ether oxygens (including phenoxy) is 2. The van der Waals surface area contributed by atoms with Crippen molar-refractivity contribution in [2.75, 3.05) is 33.4 Å². The summed E-state index contributed by atoms with van der Waals surface area (Å²) in [5, 5.41) is 12.1. The Kier molecular flexibility index (Phi) is 7.25. The summed E-state index contributed by atoms with van der Waals surface area (Å²) in [5.41, 5.74) is -0.818. The van der Waals surface area contributed by atoms with Crippen LogP contribution in [0.3, 0.4) is 0 Å². The number of likely N-dealkylation sites (tertiary alicyclic amines) is 1. The molecule has 0 aromatic rings. The molecule has 1 aliphatic carbocycles. The van der Waals surface area contributed by atoms with Gasteiger partial charge in [0.2, 0.25) is 0 Å². The molecule has 1 saturated heterocycles. The average Bonchev–Trinajstić information content (AvgIpc) is 2.62. The smallest absolute Gasteiger partial charge is 0.317 e. The van der Waals surface area contributed by atoms with Gasteiger partial charge in [0.25, 0.3) is 0 Å². The largest absolute Gasteiger partial charge is 0.481 e. The molecule has 2 rings (SSSR count). The number of esters is 1. The Bertz CT molecular complexity index is 514. The molecular formula is C18H30N2O6. The summed E-state index contributed by atoms with van der Waals surface area (Å²) in [6.07, 6.45) is 3.83. The van der Waals surface area contributed by atoms with Crippen molar-refractivity contribution in [3.8, 4) is 0 Å². The van der Waals surface area contributed by atoms with Gasteiger partial charge in [-0.2, -0.15) is 0 Å². The number of hydrogen-bond acceptors (Lipinski definition) is 5. The Morgan fingerprint density at radius 1 is 1.23 bits per heavy atom. The molecule has 1 unspecified atom stereocenters. The summed E-state index contributed by atoms with van der Waals surface area (Å²) in [4.78, 5) is 37.8. The van der Waals surface area contributed by atoms with Gasteiger partial charge in [-0.3, -0.25) is 9.59 Å². The molecule has 2 fully saturated rings. The molecule has 0 spiro atoms. The van der Waals surface area contributed by atoms with E-state index in [2.05, 4.69) is 5.32 Å². The van der Waals surface area contributed by atoms with Crippen LogP contribution in [-0.4, -0.2) is 67.4 Å². The van der Waals surface area contributed by atoms with Gasteiger partial charge in [0.1, 0.15) is 5.41 Å². The maximum Gasteiger partial charge on any atom is 0.317 e. The minimum absolute atomic E-state index is 0.0144. The standard InChI is InChI=1S/C18H30N2O6/c1-3-26-16(23)18(12-25-2)9-4-10-20(11-18)17(24)19-14-7-5-13(6-8-14)15(21)22/h13-14H,3-12H2,1-2H3,(H,19,24)(H,21,22). The van der Waals surface area contributed by atoms with E-state index in [-0.39, 0.29) is 37.1 Å². The third kappa shape index (κ3) is 4.87. The zero-order valence-corrected chi connectivity index (χ0v) is 15.7. The Morgan fingerprint density at radius 2 is 1.92 bits per heavy atom. The fourth-order valence-electron chi connectivity index (χ4n) is 3.96. The monoisotopic (exact) mass is 370 g/mol. The predicted octanol–water partition coefficient (Wildman–Crippen LogP) is 1.63. The Morgan fingerprint density at radius 3 is 2.50 bits per heavy atom. The molecule has 148 valence electrons. The van der Waals surface area contributed by atoms with Gasteiger partial charge < -0.3 is 24.8 Å². The van der Waals surface area contributed by atoms with Crippen molar-refractivity contribution in [3.05, 3.63) is 0 Å². The number of rotatable bonds is 6. The number of hydrogen-bond donors (Lipinski definition) is 2. The fourth-order valence-corrected chi connectivity index (χ4v) is 3.96. The van der Waals surface area contributed by atoms with E-state index in [4.69, 9.17) is 14.6 Å². The van der Waals surface area contributed by atoms with E-state index in [1.54, 1.807) is 18.9 Å². The number of carbonyl (C=O) groups is 3. The summed E-state index contributed by atoms with van der Waals surface area (Å²) in [6, 6.07) is -0.215. The number of carboxylic acid groups (broad SMARTS) is 1. The van der Waals surface area contributed by atoms with Crippen molar-refractivity contribution in [1.29, 1.82) is 0 Å². The maximum atomic E-state index is 12.7. The second-order valence-corrected chi connectivity index (χ2v) is 7.30. The van der Waals surface area contributed by atoms with Crippen molar-refractivity contribution < 1.29 is 29.0 Å². The number of carboxylic acids is 1. The summed E-state index contributed by atoms with van der Waals surface area (Å²) < 4.78 is 10.5. The number of urea groups is 1. The van der Waals surface area contributed by atoms with E-state index < -0.39 is 11.4 Å². The van der Waals surface area contributed by atoms with Gasteiger partial charge in [-0.25, -0.2) is 4.79 Å².